The van der Waals surface area contributed by atoms with Gasteiger partial charge in [-0.3, -0.25) is 4.79 Å². The van der Waals surface area contributed by atoms with Crippen LogP contribution in [0.4, 0.5) is 0 Å². The molecule has 1 aromatic heterocycles. The lowest BCUT2D eigenvalue weighted by atomic mass is 9.96. The van der Waals surface area contributed by atoms with Gasteiger partial charge in [-0.1, -0.05) is 18.2 Å². The minimum absolute atomic E-state index is 0.270. The predicted octanol–water partition coefficient (Wildman–Crippen LogP) is 3.38. The molecule has 1 aromatic carbocycles. The second-order valence-corrected chi connectivity index (χ2v) is 6.99. The van der Waals surface area contributed by atoms with E-state index in [-0.39, 0.29) is 5.91 Å². The first-order valence-electron chi connectivity index (χ1n) is 8.85. The second kappa shape index (κ2) is 7.20. The Labute approximate surface area is 144 Å². The van der Waals surface area contributed by atoms with Crippen LogP contribution >= 0.6 is 0 Å². The molecule has 0 radical (unpaired) electrons. The lowest BCUT2D eigenvalue weighted by molar-refractivity contribution is -0.132. The SMILES string of the molecule is Cc1ccc(CCC(=O)N2CCC[C@H](c3nccn3C)C2)cc1C. The molecule has 1 aliphatic rings. The third kappa shape index (κ3) is 3.69. The Morgan fingerprint density at radius 3 is 2.83 bits per heavy atom. The minimum Gasteiger partial charge on any atom is -0.342 e. The van der Waals surface area contributed by atoms with E-state index in [1.165, 1.54) is 16.7 Å². The zero-order valence-electron chi connectivity index (χ0n) is 15.0. The number of hydrogen-bond acceptors (Lipinski definition) is 2. The molecule has 1 atom stereocenters. The topological polar surface area (TPSA) is 38.1 Å². The molecule has 2 heterocycles. The summed E-state index contributed by atoms with van der Waals surface area (Å²) in [5.41, 5.74) is 3.86. The van der Waals surface area contributed by atoms with Crippen LogP contribution in [0.25, 0.3) is 0 Å². The van der Waals surface area contributed by atoms with Gasteiger partial charge in [-0.05, 0) is 49.8 Å². The maximum atomic E-state index is 12.6. The smallest absolute Gasteiger partial charge is 0.222 e. The quantitative estimate of drug-likeness (QED) is 0.864. The summed E-state index contributed by atoms with van der Waals surface area (Å²) in [5.74, 6) is 1.73. The van der Waals surface area contributed by atoms with Crippen molar-refractivity contribution in [2.45, 2.75) is 45.4 Å². The molecule has 1 fully saturated rings. The van der Waals surface area contributed by atoms with Gasteiger partial charge in [0.1, 0.15) is 5.82 Å². The molecule has 3 rings (SSSR count). The van der Waals surface area contributed by atoms with E-state index in [4.69, 9.17) is 0 Å². The van der Waals surface area contributed by atoms with E-state index < -0.39 is 0 Å². The number of rotatable bonds is 4. The van der Waals surface area contributed by atoms with Gasteiger partial charge >= 0.3 is 0 Å². The van der Waals surface area contributed by atoms with Crippen molar-refractivity contribution in [3.8, 4) is 0 Å². The van der Waals surface area contributed by atoms with Gasteiger partial charge in [0, 0.05) is 44.9 Å². The lowest BCUT2D eigenvalue weighted by Gasteiger charge is -2.32. The Morgan fingerprint density at radius 1 is 1.29 bits per heavy atom. The molecule has 0 spiro atoms. The first kappa shape index (κ1) is 16.7. The van der Waals surface area contributed by atoms with Crippen LogP contribution in [0.3, 0.4) is 0 Å². The third-order valence-corrected chi connectivity index (χ3v) is 5.20. The molecule has 0 unspecified atom stereocenters. The van der Waals surface area contributed by atoms with E-state index in [1.807, 2.05) is 24.3 Å². The van der Waals surface area contributed by atoms with Crippen LogP contribution in [0, 0.1) is 13.8 Å². The molecular weight excluding hydrogens is 298 g/mol. The summed E-state index contributed by atoms with van der Waals surface area (Å²) in [6, 6.07) is 6.49. The number of piperidine rings is 1. The van der Waals surface area contributed by atoms with Gasteiger partial charge in [0.2, 0.25) is 5.91 Å². The van der Waals surface area contributed by atoms with Crippen molar-refractivity contribution in [1.82, 2.24) is 14.5 Å². The highest BCUT2D eigenvalue weighted by atomic mass is 16.2. The van der Waals surface area contributed by atoms with Crippen LogP contribution in [0.2, 0.25) is 0 Å². The number of aryl methyl sites for hydroxylation is 4. The number of benzene rings is 1. The van der Waals surface area contributed by atoms with Gasteiger partial charge in [0.25, 0.3) is 0 Å². The van der Waals surface area contributed by atoms with Crippen LogP contribution < -0.4 is 0 Å². The number of likely N-dealkylation sites (tertiary alicyclic amines) is 1. The number of carbonyl (C=O) groups is 1. The van der Waals surface area contributed by atoms with Crippen molar-refractivity contribution < 1.29 is 4.79 Å². The van der Waals surface area contributed by atoms with Gasteiger partial charge in [0.05, 0.1) is 0 Å². The molecule has 1 aliphatic heterocycles. The molecule has 0 N–H and O–H groups in total. The van der Waals surface area contributed by atoms with E-state index in [0.717, 1.165) is 38.2 Å². The molecule has 1 amide bonds. The predicted molar refractivity (Wildman–Crippen MR) is 96.0 cm³/mol. The maximum absolute atomic E-state index is 12.6. The van der Waals surface area contributed by atoms with Gasteiger partial charge in [-0.25, -0.2) is 4.98 Å². The van der Waals surface area contributed by atoms with Crippen LogP contribution in [-0.2, 0) is 18.3 Å². The van der Waals surface area contributed by atoms with Crippen LogP contribution in [0.5, 0.6) is 0 Å². The number of hydrogen-bond donors (Lipinski definition) is 0. The average molecular weight is 325 g/mol. The first-order valence-corrected chi connectivity index (χ1v) is 8.85. The van der Waals surface area contributed by atoms with Gasteiger partial charge < -0.3 is 9.47 Å². The van der Waals surface area contributed by atoms with Gasteiger partial charge in [0.15, 0.2) is 0 Å². The van der Waals surface area contributed by atoms with Gasteiger partial charge in [-0.2, -0.15) is 0 Å². The molecule has 128 valence electrons. The molecule has 2 aromatic rings. The maximum Gasteiger partial charge on any atom is 0.222 e. The highest BCUT2D eigenvalue weighted by Crippen LogP contribution is 2.26. The largest absolute Gasteiger partial charge is 0.342 e. The summed E-state index contributed by atoms with van der Waals surface area (Å²) in [6.45, 7) is 5.93. The lowest BCUT2D eigenvalue weighted by Crippen LogP contribution is -2.39. The molecular formula is C20H27N3O. The Kier molecular flexibility index (Phi) is 5.03. The second-order valence-electron chi connectivity index (χ2n) is 6.99. The third-order valence-electron chi connectivity index (χ3n) is 5.20. The summed E-state index contributed by atoms with van der Waals surface area (Å²) in [5, 5.41) is 0. The van der Waals surface area contributed by atoms with Crippen LogP contribution in [0.1, 0.15) is 47.7 Å². The number of aromatic nitrogens is 2. The zero-order chi connectivity index (χ0) is 17.1. The average Bonchev–Trinajstić information content (AvgIpc) is 3.02. The molecule has 0 aliphatic carbocycles. The summed E-state index contributed by atoms with van der Waals surface area (Å²) >= 11 is 0. The van der Waals surface area contributed by atoms with Crippen molar-refractivity contribution in [3.05, 3.63) is 53.1 Å². The molecule has 4 heteroatoms. The Morgan fingerprint density at radius 2 is 2.12 bits per heavy atom. The summed E-state index contributed by atoms with van der Waals surface area (Å²) in [6.07, 6.45) is 7.42. The molecule has 0 bridgehead atoms. The zero-order valence-corrected chi connectivity index (χ0v) is 15.0. The molecule has 0 saturated carbocycles. The van der Waals surface area contributed by atoms with Crippen molar-refractivity contribution in [2.75, 3.05) is 13.1 Å². The van der Waals surface area contributed by atoms with E-state index >= 15 is 0 Å². The fourth-order valence-electron chi connectivity index (χ4n) is 3.55. The van der Waals surface area contributed by atoms with Crippen LogP contribution in [-0.4, -0.2) is 33.4 Å². The summed E-state index contributed by atoms with van der Waals surface area (Å²) < 4.78 is 2.08. The molecule has 24 heavy (non-hydrogen) atoms. The van der Waals surface area contributed by atoms with Crippen molar-refractivity contribution >= 4 is 5.91 Å². The minimum atomic E-state index is 0.270. The van der Waals surface area contributed by atoms with Crippen LogP contribution in [0.15, 0.2) is 30.6 Å². The van der Waals surface area contributed by atoms with E-state index in [9.17, 15) is 4.79 Å². The standard InChI is InChI=1S/C20H27N3O/c1-15-6-7-17(13-16(15)2)8-9-19(24)23-11-4-5-18(14-23)20-21-10-12-22(20)3/h6-7,10,12-13,18H,4-5,8-9,11,14H2,1-3H3/t18-/m0/s1. The summed E-state index contributed by atoms with van der Waals surface area (Å²) in [7, 11) is 2.03. The monoisotopic (exact) mass is 325 g/mol. The van der Waals surface area contributed by atoms with E-state index in [1.54, 1.807) is 0 Å². The van der Waals surface area contributed by atoms with Crippen molar-refractivity contribution in [3.63, 3.8) is 0 Å². The number of nitrogens with zero attached hydrogens (tertiary/aromatic N) is 3. The fourth-order valence-corrected chi connectivity index (χ4v) is 3.55. The first-order chi connectivity index (χ1) is 11.5. The normalized spacial score (nSPS) is 18.0. The number of imidazole rings is 1. The van der Waals surface area contributed by atoms with Crippen molar-refractivity contribution in [1.29, 1.82) is 0 Å². The fraction of sp³-hybridized carbons (Fsp3) is 0.500. The highest BCUT2D eigenvalue weighted by Gasteiger charge is 2.26. The Balaban J connectivity index is 1.58. The highest BCUT2D eigenvalue weighted by molar-refractivity contribution is 5.76. The molecule has 1 saturated heterocycles. The number of amides is 1. The summed E-state index contributed by atoms with van der Waals surface area (Å²) in [4.78, 5) is 19.1. The van der Waals surface area contributed by atoms with E-state index in [0.29, 0.717) is 12.3 Å². The van der Waals surface area contributed by atoms with E-state index in [2.05, 4.69) is 41.6 Å². The number of carbonyl (C=O) groups excluding carboxylic acids is 1. The van der Waals surface area contributed by atoms with Crippen molar-refractivity contribution in [2.24, 2.45) is 7.05 Å². The Bertz CT molecular complexity index is 719. The Hall–Kier alpha value is -2.10. The van der Waals surface area contributed by atoms with Gasteiger partial charge in [-0.15, -0.1) is 0 Å². The molecule has 4 nitrogen and oxygen atoms in total.